The molecule has 2 rings (SSSR count). The third-order valence-electron chi connectivity index (χ3n) is 3.06. The van der Waals surface area contributed by atoms with Crippen LogP contribution in [0.15, 0.2) is 24.5 Å². The van der Waals surface area contributed by atoms with E-state index < -0.39 is 27.3 Å². The lowest BCUT2D eigenvalue weighted by Gasteiger charge is -2.18. The van der Waals surface area contributed by atoms with Crippen molar-refractivity contribution < 1.29 is 17.9 Å². The second-order valence-corrected chi connectivity index (χ2v) is 6.42. The average Bonchev–Trinajstić information content (AvgIpc) is 2.97. The Hall–Kier alpha value is -1.55. The van der Waals surface area contributed by atoms with Crippen molar-refractivity contribution in [2.24, 2.45) is 5.92 Å². The first-order valence-corrected chi connectivity index (χ1v) is 8.11. The summed E-state index contributed by atoms with van der Waals surface area (Å²) in [4.78, 5) is 15.7. The monoisotopic (exact) mass is 314 g/mol. The normalized spacial score (nSPS) is 22.1. The summed E-state index contributed by atoms with van der Waals surface area (Å²) in [6.07, 6.45) is 3.18. The predicted molar refractivity (Wildman–Crippen MR) is 75.0 cm³/mol. The van der Waals surface area contributed by atoms with Crippen molar-refractivity contribution >= 4 is 16.0 Å². The van der Waals surface area contributed by atoms with Crippen LogP contribution >= 0.6 is 0 Å². The molecule has 3 N–H and O–H groups in total. The van der Waals surface area contributed by atoms with Crippen LogP contribution in [0.5, 0.6) is 0 Å². The molecule has 0 bridgehead atoms. The molecule has 0 radical (unpaired) electrons. The lowest BCUT2D eigenvalue weighted by Crippen LogP contribution is -2.46. The van der Waals surface area contributed by atoms with E-state index in [1.54, 1.807) is 31.5 Å². The first-order chi connectivity index (χ1) is 10.0. The van der Waals surface area contributed by atoms with Crippen LogP contribution < -0.4 is 15.6 Å². The highest BCUT2D eigenvalue weighted by atomic mass is 32.2. The van der Waals surface area contributed by atoms with E-state index in [-0.39, 0.29) is 19.7 Å². The molecule has 2 atom stereocenters. The highest BCUT2D eigenvalue weighted by molar-refractivity contribution is 7.90. The Morgan fingerprint density at radius 3 is 3.05 bits per heavy atom. The Balaban J connectivity index is 2.02. The molecule has 1 aliphatic rings. The third-order valence-corrected chi connectivity index (χ3v) is 4.72. The Labute approximate surface area is 123 Å². The van der Waals surface area contributed by atoms with Crippen molar-refractivity contribution in [1.29, 1.82) is 0 Å². The van der Waals surface area contributed by atoms with Gasteiger partial charge in [-0.25, -0.2) is 18.6 Å². The summed E-state index contributed by atoms with van der Waals surface area (Å²) in [6.45, 7) is 2.21. The summed E-state index contributed by atoms with van der Waals surface area (Å²) < 4.78 is 31.9. The van der Waals surface area contributed by atoms with Crippen LogP contribution in [0.4, 0.5) is 0 Å². The van der Waals surface area contributed by atoms with Crippen molar-refractivity contribution in [3.8, 4) is 0 Å². The number of carbonyl (C=O) groups is 1. The molecule has 1 fully saturated rings. The number of pyridine rings is 1. The van der Waals surface area contributed by atoms with Crippen LogP contribution in [0.1, 0.15) is 12.5 Å². The van der Waals surface area contributed by atoms with Crippen LogP contribution in [0.3, 0.4) is 0 Å². The van der Waals surface area contributed by atoms with E-state index in [9.17, 15) is 13.2 Å². The van der Waals surface area contributed by atoms with Crippen LogP contribution in [-0.4, -0.2) is 37.9 Å². The van der Waals surface area contributed by atoms with Gasteiger partial charge in [0.15, 0.2) is 5.37 Å². The largest absolute Gasteiger partial charge is 0.466 e. The van der Waals surface area contributed by atoms with Gasteiger partial charge in [-0.15, -0.1) is 0 Å². The molecule has 1 aromatic rings. The minimum absolute atomic E-state index is 0.115. The van der Waals surface area contributed by atoms with E-state index >= 15 is 0 Å². The van der Waals surface area contributed by atoms with Gasteiger partial charge in [-0.3, -0.25) is 15.2 Å². The van der Waals surface area contributed by atoms with Gasteiger partial charge in [0.05, 0.1) is 6.61 Å². The Bertz CT molecular complexity index is 578. The lowest BCUT2D eigenvalue weighted by atomic mass is 10.2. The number of esters is 1. The number of ether oxygens (including phenoxy) is 1. The molecule has 116 valence electrons. The molecule has 8 nitrogen and oxygen atoms in total. The summed E-state index contributed by atoms with van der Waals surface area (Å²) in [5.41, 5.74) is 6.03. The molecule has 2 unspecified atom stereocenters. The highest BCUT2D eigenvalue weighted by Crippen LogP contribution is 2.15. The van der Waals surface area contributed by atoms with E-state index in [4.69, 9.17) is 4.74 Å². The van der Waals surface area contributed by atoms with Gasteiger partial charge in [0.2, 0.25) is 10.0 Å². The smallest absolute Gasteiger partial charge is 0.313 e. The van der Waals surface area contributed by atoms with Crippen LogP contribution in [0.25, 0.3) is 0 Å². The van der Waals surface area contributed by atoms with Crippen LogP contribution in [-0.2, 0) is 26.1 Å². The molecule has 9 heteroatoms. The van der Waals surface area contributed by atoms with Gasteiger partial charge in [-0.1, -0.05) is 6.07 Å². The van der Waals surface area contributed by atoms with Gasteiger partial charge in [-0.05, 0) is 18.6 Å². The van der Waals surface area contributed by atoms with Crippen molar-refractivity contribution in [3.63, 3.8) is 0 Å². The zero-order chi connectivity index (χ0) is 15.3. The summed E-state index contributed by atoms with van der Waals surface area (Å²) in [6, 6.07) is 3.49. The minimum atomic E-state index is -3.72. The number of nitrogens with one attached hydrogen (secondary N) is 3. The van der Waals surface area contributed by atoms with Gasteiger partial charge in [0, 0.05) is 25.5 Å². The maximum Gasteiger partial charge on any atom is 0.313 e. The van der Waals surface area contributed by atoms with Gasteiger partial charge >= 0.3 is 5.97 Å². The van der Waals surface area contributed by atoms with Crippen LogP contribution in [0, 0.1) is 5.92 Å². The Morgan fingerprint density at radius 1 is 1.57 bits per heavy atom. The fourth-order valence-electron chi connectivity index (χ4n) is 2.00. The molecule has 1 aliphatic heterocycles. The number of aromatic nitrogens is 1. The number of carbonyl (C=O) groups excluding carboxylic acids is 1. The van der Waals surface area contributed by atoms with E-state index in [1.165, 1.54) is 0 Å². The highest BCUT2D eigenvalue weighted by Gasteiger charge is 2.42. The van der Waals surface area contributed by atoms with Crippen molar-refractivity contribution in [2.45, 2.75) is 18.8 Å². The fraction of sp³-hybridized carbons (Fsp3) is 0.500. The lowest BCUT2D eigenvalue weighted by molar-refractivity contribution is -0.147. The van der Waals surface area contributed by atoms with Crippen molar-refractivity contribution in [1.82, 2.24) is 20.6 Å². The van der Waals surface area contributed by atoms with Crippen molar-refractivity contribution in [3.05, 3.63) is 30.1 Å². The molecule has 0 aliphatic carbocycles. The molecule has 0 amide bonds. The van der Waals surface area contributed by atoms with Gasteiger partial charge < -0.3 is 4.74 Å². The average molecular weight is 314 g/mol. The number of nitrogens with zero attached hydrogens (tertiary/aromatic N) is 1. The number of hydrazine groups is 1. The molecular formula is C12H18N4O4S. The van der Waals surface area contributed by atoms with E-state index in [0.717, 1.165) is 5.56 Å². The van der Waals surface area contributed by atoms with Crippen molar-refractivity contribution in [2.75, 3.05) is 13.2 Å². The number of rotatable bonds is 6. The molecule has 21 heavy (non-hydrogen) atoms. The quantitative estimate of drug-likeness (QED) is 0.585. The first-order valence-electron chi connectivity index (χ1n) is 6.57. The van der Waals surface area contributed by atoms with E-state index in [1.807, 2.05) is 0 Å². The second-order valence-electron chi connectivity index (χ2n) is 4.53. The molecule has 1 saturated heterocycles. The first kappa shape index (κ1) is 15.8. The topological polar surface area (TPSA) is 109 Å². The molecule has 2 heterocycles. The zero-order valence-corrected chi connectivity index (χ0v) is 12.4. The van der Waals surface area contributed by atoms with Gasteiger partial charge in [-0.2, -0.15) is 0 Å². The Morgan fingerprint density at radius 2 is 2.38 bits per heavy atom. The number of sulfonamides is 1. The minimum Gasteiger partial charge on any atom is -0.466 e. The summed E-state index contributed by atoms with van der Waals surface area (Å²) in [5.74, 6) is -1.32. The third kappa shape index (κ3) is 3.97. The second kappa shape index (κ2) is 6.94. The van der Waals surface area contributed by atoms with E-state index in [2.05, 4.69) is 20.6 Å². The number of hydrogen-bond donors (Lipinski definition) is 3. The van der Waals surface area contributed by atoms with Crippen LogP contribution in [0.2, 0.25) is 0 Å². The zero-order valence-electron chi connectivity index (χ0n) is 11.6. The maximum atomic E-state index is 12.3. The van der Waals surface area contributed by atoms with Gasteiger partial charge in [0.1, 0.15) is 5.92 Å². The molecule has 0 saturated carbocycles. The molecule has 0 spiro atoms. The Kier molecular flexibility index (Phi) is 5.23. The van der Waals surface area contributed by atoms with Gasteiger partial charge in [0.25, 0.3) is 0 Å². The molecular weight excluding hydrogens is 296 g/mol. The number of hydrogen-bond acceptors (Lipinski definition) is 7. The SMILES string of the molecule is CCOC(=O)C1CNNC1S(=O)(=O)NCc1cccnc1. The summed E-state index contributed by atoms with van der Waals surface area (Å²) in [5, 5.41) is -1.06. The summed E-state index contributed by atoms with van der Waals surface area (Å²) >= 11 is 0. The summed E-state index contributed by atoms with van der Waals surface area (Å²) in [7, 11) is -3.72. The fourth-order valence-corrected chi connectivity index (χ4v) is 3.43. The predicted octanol–water partition coefficient (Wildman–Crippen LogP) is -0.886. The van der Waals surface area contributed by atoms with E-state index in [0.29, 0.717) is 0 Å². The molecule has 0 aromatic carbocycles. The molecule has 1 aromatic heterocycles. The maximum absolute atomic E-state index is 12.3. The standard InChI is InChI=1S/C12H18N4O4S/c1-2-20-12(17)10-8-14-16-11(10)21(18,19)15-7-9-4-3-5-13-6-9/h3-6,10-11,14-16H,2,7-8H2,1H3.